The van der Waals surface area contributed by atoms with Crippen molar-refractivity contribution in [1.82, 2.24) is 0 Å². The lowest BCUT2D eigenvalue weighted by molar-refractivity contribution is 0.623. The third-order valence-corrected chi connectivity index (χ3v) is 2.36. The van der Waals surface area contributed by atoms with Gasteiger partial charge >= 0.3 is 6.66 Å². The molecule has 6 heteroatoms. The molecule has 0 heterocycles. The van der Waals surface area contributed by atoms with E-state index < -0.39 is 16.5 Å². The predicted octanol–water partition coefficient (Wildman–Crippen LogP) is 1.20. The minimum Gasteiger partial charge on any atom is -0.180 e. The van der Waals surface area contributed by atoms with E-state index in [2.05, 4.69) is 0 Å². The molecular formula is CH3F2O2PS. The van der Waals surface area contributed by atoms with E-state index in [4.69, 9.17) is 0 Å². The standard InChI is InChI=1S/CH3F2O2PS/c1-6(2,3)7(4)5/h1H3. The normalized spacial score (nSPS) is 11.3. The van der Waals surface area contributed by atoms with Gasteiger partial charge in [0.1, 0.15) is 0 Å². The Bertz CT molecular complexity index is 181. The Kier molecular flexibility index (Phi) is 1.95. The summed E-state index contributed by atoms with van der Waals surface area (Å²) < 4.78 is 41.3. The average molecular weight is 148 g/mol. The highest BCUT2D eigenvalue weighted by Crippen LogP contribution is 2.46. The van der Waals surface area contributed by atoms with Crippen LogP contribution in [0.1, 0.15) is 0 Å². The van der Waals surface area contributed by atoms with Crippen molar-refractivity contribution in [3.63, 3.8) is 0 Å². The maximum atomic E-state index is 11.3. The van der Waals surface area contributed by atoms with E-state index in [1.165, 1.54) is 0 Å². The monoisotopic (exact) mass is 148 g/mol. The lowest BCUT2D eigenvalue weighted by Crippen LogP contribution is -1.56. The van der Waals surface area contributed by atoms with Gasteiger partial charge in [-0.25, -0.2) is 0 Å². The van der Waals surface area contributed by atoms with Gasteiger partial charge in [-0.05, 0) is 0 Å². The van der Waals surface area contributed by atoms with Crippen LogP contribution >= 0.6 is 6.66 Å². The lowest BCUT2D eigenvalue weighted by atomic mass is 12.0. The number of halogens is 2. The summed E-state index contributed by atoms with van der Waals surface area (Å²) in [6.07, 6.45) is 0. The molecule has 0 aromatic heterocycles. The van der Waals surface area contributed by atoms with Gasteiger partial charge in [0.15, 0.2) is 0 Å². The highest BCUT2D eigenvalue weighted by atomic mass is 32.5. The minimum atomic E-state index is -4.57. The fraction of sp³-hybridized carbons (Fsp3) is 1.00. The molecule has 0 amide bonds. The molecule has 0 spiro atoms. The summed E-state index contributed by atoms with van der Waals surface area (Å²) in [4.78, 5) is 0. The summed E-state index contributed by atoms with van der Waals surface area (Å²) >= 11 is 0. The van der Waals surface area contributed by atoms with Gasteiger partial charge in [-0.1, -0.05) is 0 Å². The summed E-state index contributed by atoms with van der Waals surface area (Å²) in [7, 11) is -3.16. The van der Waals surface area contributed by atoms with Crippen molar-refractivity contribution in [1.29, 1.82) is 0 Å². The highest BCUT2D eigenvalue weighted by molar-refractivity contribution is 8.15. The van der Waals surface area contributed by atoms with E-state index in [-0.39, 0.29) is 0 Å². The fourth-order valence-corrected chi connectivity index (χ4v) is 0. The van der Waals surface area contributed by atoms with Gasteiger partial charge < -0.3 is 0 Å². The molecule has 0 aromatic carbocycles. The second-order valence-electron chi connectivity index (χ2n) is 0.940. The number of hydrogen-bond donors (Lipinski definition) is 0. The van der Waals surface area contributed by atoms with Crippen LogP contribution in [-0.4, -0.2) is 15.1 Å². The van der Waals surface area contributed by atoms with Crippen molar-refractivity contribution in [3.05, 3.63) is 0 Å². The van der Waals surface area contributed by atoms with Crippen LogP contribution in [0.2, 0.25) is 0 Å². The van der Waals surface area contributed by atoms with Crippen LogP contribution in [0.4, 0.5) is 8.39 Å². The molecule has 0 aliphatic heterocycles. The summed E-state index contributed by atoms with van der Waals surface area (Å²) in [6, 6.07) is 0. The zero-order valence-corrected chi connectivity index (χ0v) is 5.14. The van der Waals surface area contributed by atoms with Crippen LogP contribution in [0, 0.1) is 0 Å². The molecule has 0 unspecified atom stereocenters. The van der Waals surface area contributed by atoms with Crippen LogP contribution in [0.3, 0.4) is 0 Å². The molecule has 44 valence electrons. The smallest absolute Gasteiger partial charge is 0.180 e. The molecule has 0 fully saturated rings. The Hall–Kier alpha value is 0.110. The Morgan fingerprint density at radius 2 is 1.57 bits per heavy atom. The van der Waals surface area contributed by atoms with E-state index in [9.17, 15) is 16.8 Å². The van der Waals surface area contributed by atoms with Gasteiger partial charge in [-0.3, -0.25) is 0 Å². The van der Waals surface area contributed by atoms with E-state index in [1.807, 2.05) is 0 Å². The van der Waals surface area contributed by atoms with Gasteiger partial charge in [0.25, 0.3) is 9.88 Å². The predicted molar refractivity (Wildman–Crippen MR) is 24.0 cm³/mol. The second-order valence-corrected chi connectivity index (χ2v) is 5.64. The van der Waals surface area contributed by atoms with Crippen LogP contribution in [0.15, 0.2) is 0 Å². The molecule has 0 saturated heterocycles. The molecule has 0 bridgehead atoms. The zero-order valence-electron chi connectivity index (χ0n) is 3.43. The molecule has 0 radical (unpaired) electrons. The molecule has 2 nitrogen and oxygen atoms in total. The van der Waals surface area contributed by atoms with Crippen molar-refractivity contribution in [2.45, 2.75) is 0 Å². The summed E-state index contributed by atoms with van der Waals surface area (Å²) in [6.45, 7) is -4.14. The molecule has 7 heavy (non-hydrogen) atoms. The van der Waals surface area contributed by atoms with E-state index in [0.717, 1.165) is 0 Å². The maximum Gasteiger partial charge on any atom is 0.323 e. The molecule has 0 aromatic rings. The van der Waals surface area contributed by atoms with Gasteiger partial charge in [-0.2, -0.15) is 16.8 Å². The van der Waals surface area contributed by atoms with Crippen LogP contribution in [-0.2, 0) is 9.88 Å². The van der Waals surface area contributed by atoms with Gasteiger partial charge in [0.2, 0.25) is 0 Å². The first-order valence-corrected chi connectivity index (χ1v) is 5.00. The summed E-state index contributed by atoms with van der Waals surface area (Å²) in [5, 5.41) is 0. The first-order valence-electron chi connectivity index (χ1n) is 1.30. The zero-order chi connectivity index (χ0) is 6.08. The molecule has 0 saturated carbocycles. The third kappa shape index (κ3) is 2.76. The molecule has 0 N–H and O–H groups in total. The maximum absolute atomic E-state index is 11.3. The number of hydrogen-bond acceptors (Lipinski definition) is 2. The number of rotatable bonds is 0. The Labute approximate surface area is 40.9 Å². The summed E-state index contributed by atoms with van der Waals surface area (Å²) in [5.41, 5.74) is 0. The Morgan fingerprint density at radius 3 is 1.57 bits per heavy atom. The van der Waals surface area contributed by atoms with E-state index in [0.29, 0.717) is 6.66 Å². The van der Waals surface area contributed by atoms with Crippen molar-refractivity contribution in [2.24, 2.45) is 0 Å². The van der Waals surface area contributed by atoms with Crippen molar-refractivity contribution in [2.75, 3.05) is 6.66 Å². The first kappa shape index (κ1) is 7.11. The first-order chi connectivity index (χ1) is 2.94. The van der Waals surface area contributed by atoms with Gasteiger partial charge in [-0.15, -0.1) is 0 Å². The molecule has 0 atom stereocenters. The van der Waals surface area contributed by atoms with Gasteiger partial charge in [0.05, 0.1) is 0 Å². The van der Waals surface area contributed by atoms with Crippen molar-refractivity contribution in [3.8, 4) is 0 Å². The van der Waals surface area contributed by atoms with Crippen LogP contribution in [0.25, 0.3) is 0 Å². The SMILES string of the molecule is CP(F)(F)=S(=O)=O. The van der Waals surface area contributed by atoms with Crippen molar-refractivity contribution >= 4 is 16.5 Å². The molecular weight excluding hydrogens is 145 g/mol. The van der Waals surface area contributed by atoms with E-state index in [1.54, 1.807) is 0 Å². The van der Waals surface area contributed by atoms with Crippen LogP contribution < -0.4 is 0 Å². The Balaban J connectivity index is 5.09. The van der Waals surface area contributed by atoms with Crippen molar-refractivity contribution < 1.29 is 16.8 Å². The molecule has 0 rings (SSSR count). The lowest BCUT2D eigenvalue weighted by Gasteiger charge is -1.80. The largest absolute Gasteiger partial charge is 0.323 e. The topological polar surface area (TPSA) is 34.1 Å². The Morgan fingerprint density at radius 1 is 1.43 bits per heavy atom. The highest BCUT2D eigenvalue weighted by Gasteiger charge is 2.07. The summed E-state index contributed by atoms with van der Waals surface area (Å²) in [5.74, 6) is 0. The quantitative estimate of drug-likeness (QED) is 0.483. The average Bonchev–Trinajstić information content (AvgIpc) is 1.31. The van der Waals surface area contributed by atoms with Crippen LogP contribution in [0.5, 0.6) is 0 Å². The molecule has 0 aliphatic rings. The fourth-order valence-electron chi connectivity index (χ4n) is 0. The second kappa shape index (κ2) is 1.92. The minimum absolute atomic E-state index is 0.427. The molecule has 0 aliphatic carbocycles. The third-order valence-electron chi connectivity index (χ3n) is 0.262. The van der Waals surface area contributed by atoms with Gasteiger partial charge in [0, 0.05) is 6.66 Å². The van der Waals surface area contributed by atoms with E-state index >= 15 is 0 Å².